The van der Waals surface area contributed by atoms with E-state index in [1.165, 1.54) is 11.1 Å². The molecule has 0 unspecified atom stereocenters. The van der Waals surface area contributed by atoms with Crippen LogP contribution in [0.4, 0.5) is 0 Å². The number of aromatic nitrogens is 1. The maximum atomic E-state index is 10.9. The van der Waals surface area contributed by atoms with Gasteiger partial charge in [0.05, 0.1) is 12.0 Å². The highest BCUT2D eigenvalue weighted by molar-refractivity contribution is 5.96. The average Bonchev–Trinajstić information content (AvgIpc) is 3.11. The minimum absolute atomic E-state index is 0.320. The Labute approximate surface area is 172 Å². The van der Waals surface area contributed by atoms with Gasteiger partial charge in [0, 0.05) is 5.56 Å². The summed E-state index contributed by atoms with van der Waals surface area (Å²) in [5.74, 6) is 1.57. The van der Waals surface area contributed by atoms with Gasteiger partial charge in [0.15, 0.2) is 5.58 Å². The van der Waals surface area contributed by atoms with Crippen molar-refractivity contribution in [2.45, 2.75) is 53.4 Å². The van der Waals surface area contributed by atoms with Crippen LogP contribution in [-0.4, -0.2) is 18.0 Å². The second-order valence-electron chi connectivity index (χ2n) is 7.96. The number of benzene rings is 2. The van der Waals surface area contributed by atoms with Gasteiger partial charge < -0.3 is 9.26 Å². The molecule has 0 N–H and O–H groups in total. The molecule has 0 saturated carbocycles. The highest BCUT2D eigenvalue weighted by Gasteiger charge is 2.21. The average molecular weight is 392 g/mol. The molecule has 1 heterocycles. The summed E-state index contributed by atoms with van der Waals surface area (Å²) < 4.78 is 11.8. The van der Waals surface area contributed by atoms with E-state index < -0.39 is 0 Å². The molecule has 2 aromatic carbocycles. The number of allylic oxidation sites excluding steroid dienone is 2. The monoisotopic (exact) mass is 391 g/mol. The Morgan fingerprint density at radius 2 is 1.90 bits per heavy atom. The number of carbonyl (C=O) groups excluding carboxylic acids is 1. The van der Waals surface area contributed by atoms with Crippen molar-refractivity contribution in [1.82, 2.24) is 5.16 Å². The summed E-state index contributed by atoms with van der Waals surface area (Å²) in [6.45, 7) is 13.2. The number of hydrogen-bond acceptors (Lipinski definition) is 4. The topological polar surface area (TPSA) is 52.3 Å². The number of nitrogens with zero attached hydrogens (tertiary/aromatic N) is 1. The van der Waals surface area contributed by atoms with Crippen molar-refractivity contribution in [3.63, 3.8) is 0 Å². The molecule has 152 valence electrons. The standard InChI is InChI=1S/C25H29NO3/c1-7-28-25-20(16(4)5)13-19(15(2)3)14-22(25)24-21-12-18(17(6)10-11-27)8-9-23(21)29-26-24/h8-16H,7H2,1-6H3/b17-10+. The minimum Gasteiger partial charge on any atom is -0.493 e. The van der Waals surface area contributed by atoms with Gasteiger partial charge in [-0.1, -0.05) is 45.0 Å². The number of ether oxygens (including phenoxy) is 1. The first kappa shape index (κ1) is 20.8. The van der Waals surface area contributed by atoms with Gasteiger partial charge in [-0.15, -0.1) is 0 Å². The summed E-state index contributed by atoms with van der Waals surface area (Å²) in [5.41, 5.74) is 6.73. The first-order valence-corrected chi connectivity index (χ1v) is 10.2. The molecule has 29 heavy (non-hydrogen) atoms. The third-order valence-corrected chi connectivity index (χ3v) is 5.22. The van der Waals surface area contributed by atoms with Gasteiger partial charge in [-0.25, -0.2) is 0 Å². The molecule has 0 aliphatic heterocycles. The Kier molecular flexibility index (Phi) is 6.21. The highest BCUT2D eigenvalue weighted by atomic mass is 16.5. The largest absolute Gasteiger partial charge is 0.493 e. The Morgan fingerprint density at radius 1 is 1.14 bits per heavy atom. The summed E-state index contributed by atoms with van der Waals surface area (Å²) in [4.78, 5) is 10.9. The lowest BCUT2D eigenvalue weighted by atomic mass is 9.90. The summed E-state index contributed by atoms with van der Waals surface area (Å²) in [6.07, 6.45) is 2.37. The van der Waals surface area contributed by atoms with Crippen LogP contribution in [0.25, 0.3) is 27.8 Å². The predicted octanol–water partition coefficient (Wildman–Crippen LogP) is 6.74. The van der Waals surface area contributed by atoms with Gasteiger partial charge in [0.1, 0.15) is 17.7 Å². The zero-order chi connectivity index (χ0) is 21.1. The molecule has 3 aromatic rings. The minimum atomic E-state index is 0.320. The van der Waals surface area contributed by atoms with Gasteiger partial charge in [0.25, 0.3) is 0 Å². The smallest absolute Gasteiger partial charge is 0.167 e. The molecule has 3 rings (SSSR count). The quantitative estimate of drug-likeness (QED) is 0.330. The van der Waals surface area contributed by atoms with Crippen LogP contribution < -0.4 is 4.74 Å². The van der Waals surface area contributed by atoms with E-state index in [0.717, 1.165) is 39.8 Å². The van der Waals surface area contributed by atoms with Crippen molar-refractivity contribution >= 4 is 22.8 Å². The third kappa shape index (κ3) is 4.12. The maximum absolute atomic E-state index is 10.9. The molecule has 1 aromatic heterocycles. The van der Waals surface area contributed by atoms with Gasteiger partial charge >= 0.3 is 0 Å². The molecule has 0 aliphatic carbocycles. The molecule has 0 bridgehead atoms. The van der Waals surface area contributed by atoms with Crippen LogP contribution in [0.3, 0.4) is 0 Å². The highest BCUT2D eigenvalue weighted by Crippen LogP contribution is 2.42. The molecule has 0 saturated heterocycles. The van der Waals surface area contributed by atoms with Crippen molar-refractivity contribution in [2.24, 2.45) is 0 Å². The van der Waals surface area contributed by atoms with Gasteiger partial charge in [-0.3, -0.25) is 4.79 Å². The van der Waals surface area contributed by atoms with Crippen molar-refractivity contribution in [3.8, 4) is 17.0 Å². The van der Waals surface area contributed by atoms with E-state index in [4.69, 9.17) is 9.26 Å². The fourth-order valence-electron chi connectivity index (χ4n) is 3.49. The predicted molar refractivity (Wildman–Crippen MR) is 119 cm³/mol. The van der Waals surface area contributed by atoms with E-state index in [1.54, 1.807) is 6.08 Å². The molecule has 0 aliphatic rings. The molecular formula is C25H29NO3. The molecule has 4 heteroatoms. The normalized spacial score (nSPS) is 12.2. The first-order chi connectivity index (χ1) is 13.9. The fraction of sp³-hybridized carbons (Fsp3) is 0.360. The number of hydrogen-bond donors (Lipinski definition) is 0. The van der Waals surface area contributed by atoms with Crippen LogP contribution in [0.1, 0.15) is 70.1 Å². The van der Waals surface area contributed by atoms with E-state index in [2.05, 4.69) is 45.0 Å². The van der Waals surface area contributed by atoms with Crippen molar-refractivity contribution < 1.29 is 14.1 Å². The SMILES string of the molecule is CCOc1c(-c2noc3ccc(/C(C)=C/C=O)cc23)cc(C(C)C)cc1C(C)C. The molecular weight excluding hydrogens is 362 g/mol. The summed E-state index contributed by atoms with van der Waals surface area (Å²) in [5, 5.41) is 5.33. The van der Waals surface area contributed by atoms with Crippen LogP contribution >= 0.6 is 0 Å². The van der Waals surface area contributed by atoms with E-state index in [-0.39, 0.29) is 0 Å². The molecule has 4 nitrogen and oxygen atoms in total. The van der Waals surface area contributed by atoms with Crippen LogP contribution in [0.15, 0.2) is 40.9 Å². The van der Waals surface area contributed by atoms with Gasteiger partial charge in [0.2, 0.25) is 0 Å². The Balaban J connectivity index is 2.31. The molecule has 0 atom stereocenters. The zero-order valence-electron chi connectivity index (χ0n) is 18.1. The number of carbonyl (C=O) groups is 1. The Bertz CT molecular complexity index is 1060. The van der Waals surface area contributed by atoms with Crippen molar-refractivity contribution in [2.75, 3.05) is 6.61 Å². The second-order valence-corrected chi connectivity index (χ2v) is 7.96. The molecule has 0 fully saturated rings. The Hall–Kier alpha value is -2.88. The second kappa shape index (κ2) is 8.64. The number of fused-ring (bicyclic) bond motifs is 1. The third-order valence-electron chi connectivity index (χ3n) is 5.22. The summed E-state index contributed by atoms with van der Waals surface area (Å²) in [7, 11) is 0. The van der Waals surface area contributed by atoms with Crippen LogP contribution in [-0.2, 0) is 4.79 Å². The van der Waals surface area contributed by atoms with Crippen molar-refractivity contribution in [3.05, 3.63) is 53.1 Å². The lowest BCUT2D eigenvalue weighted by Crippen LogP contribution is -2.03. The summed E-state index contributed by atoms with van der Waals surface area (Å²) in [6, 6.07) is 10.3. The van der Waals surface area contributed by atoms with Crippen LogP contribution in [0.5, 0.6) is 5.75 Å². The summed E-state index contributed by atoms with van der Waals surface area (Å²) >= 11 is 0. The molecule has 0 amide bonds. The van der Waals surface area contributed by atoms with E-state index in [9.17, 15) is 4.79 Å². The maximum Gasteiger partial charge on any atom is 0.167 e. The van der Waals surface area contributed by atoms with E-state index >= 15 is 0 Å². The van der Waals surface area contributed by atoms with Crippen LogP contribution in [0.2, 0.25) is 0 Å². The number of rotatable bonds is 7. The van der Waals surface area contributed by atoms with E-state index in [0.29, 0.717) is 24.0 Å². The fourth-order valence-corrected chi connectivity index (χ4v) is 3.49. The van der Waals surface area contributed by atoms with Crippen molar-refractivity contribution in [1.29, 1.82) is 0 Å². The first-order valence-electron chi connectivity index (χ1n) is 10.2. The van der Waals surface area contributed by atoms with Crippen LogP contribution in [0, 0.1) is 0 Å². The number of aldehydes is 1. The lowest BCUT2D eigenvalue weighted by Gasteiger charge is -2.20. The van der Waals surface area contributed by atoms with E-state index in [1.807, 2.05) is 32.0 Å². The van der Waals surface area contributed by atoms with Gasteiger partial charge in [-0.05, 0) is 72.2 Å². The van der Waals surface area contributed by atoms with Gasteiger partial charge in [-0.2, -0.15) is 0 Å². The molecule has 0 spiro atoms. The lowest BCUT2D eigenvalue weighted by molar-refractivity contribution is -0.104. The molecule has 0 radical (unpaired) electrons. The zero-order valence-corrected chi connectivity index (χ0v) is 18.1. The Morgan fingerprint density at radius 3 is 2.52 bits per heavy atom.